The number of nitrogens with one attached hydrogen (secondary N) is 2. The summed E-state index contributed by atoms with van der Waals surface area (Å²) >= 11 is 0. The highest BCUT2D eigenvalue weighted by Gasteiger charge is 2.28. The first-order chi connectivity index (χ1) is 20.8. The molecule has 2 N–H and O–H groups in total. The smallest absolute Gasteiger partial charge is 0.294 e. The number of nitro groups is 1. The zero-order valence-electron chi connectivity index (χ0n) is 27.3. The van der Waals surface area contributed by atoms with Crippen LogP contribution in [0.15, 0.2) is 59.5 Å². The highest BCUT2D eigenvalue weighted by atomic mass is 32.2. The summed E-state index contributed by atoms with van der Waals surface area (Å²) in [6.45, 7) is 14.9. The molecule has 0 bridgehead atoms. The van der Waals surface area contributed by atoms with Crippen LogP contribution in [0.5, 0.6) is 5.75 Å². The van der Waals surface area contributed by atoms with Crippen LogP contribution >= 0.6 is 0 Å². The van der Waals surface area contributed by atoms with Crippen LogP contribution in [0.1, 0.15) is 121 Å². The fourth-order valence-corrected chi connectivity index (χ4v) is 6.87. The molecule has 44 heavy (non-hydrogen) atoms. The largest absolute Gasteiger partial charge is 0.494 e. The van der Waals surface area contributed by atoms with Crippen LogP contribution in [0.4, 0.5) is 22.7 Å². The lowest BCUT2D eigenvalue weighted by molar-refractivity contribution is -0.383. The predicted molar refractivity (Wildman–Crippen MR) is 181 cm³/mol. The number of hydrogen-bond donors (Lipinski definition) is 2. The molecule has 0 aliphatic carbocycles. The van der Waals surface area contributed by atoms with Gasteiger partial charge >= 0.3 is 0 Å². The Morgan fingerprint density at radius 1 is 0.773 bits per heavy atom. The first kappa shape index (κ1) is 34.9. The minimum absolute atomic E-state index is 0.0361. The first-order valence-corrected chi connectivity index (χ1v) is 17.3. The third-order valence-corrected chi connectivity index (χ3v) is 9.21. The monoisotopic (exact) mass is 623 g/mol. The minimum atomic E-state index is -4.05. The van der Waals surface area contributed by atoms with Gasteiger partial charge in [-0.25, -0.2) is 8.42 Å². The number of hydrogen-bond acceptors (Lipinski definition) is 6. The van der Waals surface area contributed by atoms with Crippen LogP contribution in [0.25, 0.3) is 0 Å². The summed E-state index contributed by atoms with van der Waals surface area (Å²) in [5.41, 5.74) is 3.35. The third kappa shape index (κ3) is 9.45. The number of anilines is 3. The predicted octanol–water partition coefficient (Wildman–Crippen LogP) is 10.2. The van der Waals surface area contributed by atoms with Crippen molar-refractivity contribution in [3.05, 3.63) is 81.4 Å². The number of rotatable bonds is 17. The Kier molecular flexibility index (Phi) is 12.6. The van der Waals surface area contributed by atoms with Gasteiger partial charge in [-0.05, 0) is 77.3 Å². The van der Waals surface area contributed by atoms with E-state index in [-0.39, 0.29) is 39.7 Å². The number of nitrogens with zero attached hydrogens (tertiary/aromatic N) is 1. The van der Waals surface area contributed by atoms with Gasteiger partial charge in [0, 0.05) is 11.8 Å². The Labute approximate surface area is 263 Å². The third-order valence-electron chi connectivity index (χ3n) is 7.69. The van der Waals surface area contributed by atoms with Gasteiger partial charge in [0.05, 0.1) is 22.1 Å². The second kappa shape index (κ2) is 15.9. The number of benzene rings is 3. The number of nitro benzene ring substituents is 1. The number of unbranched alkanes of at least 4 members (excludes halogenated alkanes) is 5. The zero-order valence-corrected chi connectivity index (χ0v) is 28.1. The van der Waals surface area contributed by atoms with E-state index in [0.717, 1.165) is 35.3 Å². The molecule has 8 nitrogen and oxygen atoms in total. The molecule has 0 radical (unpaired) electrons. The van der Waals surface area contributed by atoms with Gasteiger partial charge in [-0.1, -0.05) is 92.7 Å². The van der Waals surface area contributed by atoms with Crippen molar-refractivity contribution in [1.29, 1.82) is 0 Å². The molecule has 3 aromatic carbocycles. The molecule has 0 fully saturated rings. The van der Waals surface area contributed by atoms with E-state index in [4.69, 9.17) is 4.74 Å². The second-order valence-electron chi connectivity index (χ2n) is 12.4. The Hall–Kier alpha value is -3.59. The van der Waals surface area contributed by atoms with Crippen molar-refractivity contribution in [3.63, 3.8) is 0 Å². The summed E-state index contributed by atoms with van der Waals surface area (Å²) in [6.07, 6.45) is 7.15. The van der Waals surface area contributed by atoms with E-state index in [1.54, 1.807) is 12.1 Å². The second-order valence-corrected chi connectivity index (χ2v) is 14.0. The summed E-state index contributed by atoms with van der Waals surface area (Å²) in [5, 5.41) is 15.1. The fourth-order valence-electron chi connectivity index (χ4n) is 5.12. The molecular weight excluding hydrogens is 574 g/mol. The normalized spacial score (nSPS) is 11.8. The van der Waals surface area contributed by atoms with E-state index in [1.165, 1.54) is 43.9 Å². The minimum Gasteiger partial charge on any atom is -0.494 e. The lowest BCUT2D eigenvalue weighted by atomic mass is 9.89. The first-order valence-electron chi connectivity index (χ1n) is 15.8. The highest BCUT2D eigenvalue weighted by Crippen LogP contribution is 2.37. The molecular formula is C35H49N3O5S. The quantitative estimate of drug-likeness (QED) is 0.0879. The van der Waals surface area contributed by atoms with Crippen LogP contribution in [-0.2, 0) is 10.0 Å². The number of ether oxygens (including phenoxy) is 1. The molecule has 0 heterocycles. The highest BCUT2D eigenvalue weighted by molar-refractivity contribution is 7.92. The molecule has 3 rings (SSSR count). The Balaban J connectivity index is 1.80. The van der Waals surface area contributed by atoms with Crippen molar-refractivity contribution < 1.29 is 18.1 Å². The molecule has 0 saturated heterocycles. The van der Waals surface area contributed by atoms with Crippen molar-refractivity contribution in [3.8, 4) is 5.75 Å². The van der Waals surface area contributed by atoms with Crippen molar-refractivity contribution in [1.82, 2.24) is 0 Å². The van der Waals surface area contributed by atoms with E-state index in [1.807, 2.05) is 52.0 Å². The summed E-state index contributed by atoms with van der Waals surface area (Å²) < 4.78 is 36.2. The van der Waals surface area contributed by atoms with Gasteiger partial charge in [-0.2, -0.15) is 0 Å². The standard InChI is InChI=1S/C35H49N3O5S/c1-8-9-10-11-12-13-20-43-30-17-14-28(15-18-30)36-33-19-16-29(23-34(33)38(39)40)37-44(41,42)35-31(25(4)5)21-27(24(2)3)22-32(35)26(6)7/h14-19,21-26,36-37H,8-13,20H2,1-7H3. The van der Waals surface area contributed by atoms with Gasteiger partial charge in [0.2, 0.25) is 0 Å². The van der Waals surface area contributed by atoms with Crippen molar-refractivity contribution in [2.45, 2.75) is 110 Å². The molecule has 0 atom stereocenters. The average molecular weight is 624 g/mol. The number of sulfonamides is 1. The van der Waals surface area contributed by atoms with Gasteiger partial charge in [0.1, 0.15) is 11.4 Å². The molecule has 0 unspecified atom stereocenters. The van der Waals surface area contributed by atoms with Gasteiger partial charge in [0.15, 0.2) is 0 Å². The Bertz CT molecular complexity index is 1470. The molecule has 0 aliphatic heterocycles. The van der Waals surface area contributed by atoms with Gasteiger partial charge in [-0.15, -0.1) is 0 Å². The van der Waals surface area contributed by atoms with Gasteiger partial charge in [-0.3, -0.25) is 14.8 Å². The summed E-state index contributed by atoms with van der Waals surface area (Å²) in [7, 11) is -4.05. The van der Waals surface area contributed by atoms with Crippen molar-refractivity contribution in [2.75, 3.05) is 16.6 Å². The summed E-state index contributed by atoms with van der Waals surface area (Å²) in [5.74, 6) is 0.912. The van der Waals surface area contributed by atoms with Crippen LogP contribution in [-0.4, -0.2) is 19.9 Å². The molecule has 0 saturated carbocycles. The van der Waals surface area contributed by atoms with E-state index in [0.29, 0.717) is 12.3 Å². The zero-order chi connectivity index (χ0) is 32.4. The SMILES string of the molecule is CCCCCCCCOc1ccc(Nc2ccc(NS(=O)(=O)c3c(C(C)C)cc(C(C)C)cc3C(C)C)cc2[N+](=O)[O-])cc1. The Morgan fingerprint density at radius 3 is 1.89 bits per heavy atom. The average Bonchev–Trinajstić information content (AvgIpc) is 2.97. The molecule has 0 spiro atoms. The molecule has 9 heteroatoms. The van der Waals surface area contributed by atoms with Crippen molar-refractivity contribution >= 4 is 32.8 Å². The van der Waals surface area contributed by atoms with E-state index >= 15 is 0 Å². The maximum absolute atomic E-state index is 13.9. The van der Waals surface area contributed by atoms with Crippen LogP contribution in [0, 0.1) is 10.1 Å². The van der Waals surface area contributed by atoms with Crippen LogP contribution < -0.4 is 14.8 Å². The molecule has 3 aromatic rings. The summed E-state index contributed by atoms with van der Waals surface area (Å²) in [4.78, 5) is 11.8. The lowest BCUT2D eigenvalue weighted by Crippen LogP contribution is -2.19. The van der Waals surface area contributed by atoms with E-state index in [9.17, 15) is 18.5 Å². The molecule has 0 aliphatic rings. The molecule has 0 aromatic heterocycles. The van der Waals surface area contributed by atoms with Crippen LogP contribution in [0.2, 0.25) is 0 Å². The topological polar surface area (TPSA) is 111 Å². The lowest BCUT2D eigenvalue weighted by Gasteiger charge is -2.23. The van der Waals surface area contributed by atoms with E-state index in [2.05, 4.69) is 30.8 Å². The van der Waals surface area contributed by atoms with Gasteiger partial charge in [0.25, 0.3) is 15.7 Å². The van der Waals surface area contributed by atoms with Crippen LogP contribution in [0.3, 0.4) is 0 Å². The van der Waals surface area contributed by atoms with Gasteiger partial charge < -0.3 is 10.1 Å². The summed E-state index contributed by atoms with van der Waals surface area (Å²) in [6, 6.07) is 15.5. The maximum atomic E-state index is 13.9. The fraction of sp³-hybridized carbons (Fsp3) is 0.486. The maximum Gasteiger partial charge on any atom is 0.294 e. The van der Waals surface area contributed by atoms with E-state index < -0.39 is 14.9 Å². The molecule has 240 valence electrons. The van der Waals surface area contributed by atoms with Crippen molar-refractivity contribution in [2.24, 2.45) is 0 Å². The molecule has 0 amide bonds. The Morgan fingerprint density at radius 2 is 1.34 bits per heavy atom.